The molecule has 0 atom stereocenters. The third-order valence-corrected chi connectivity index (χ3v) is 5.27. The van der Waals surface area contributed by atoms with Gasteiger partial charge in [0.15, 0.2) is 0 Å². The van der Waals surface area contributed by atoms with Gasteiger partial charge in [-0.25, -0.2) is 0 Å². The molecule has 0 aliphatic rings. The second-order valence-corrected chi connectivity index (χ2v) is 7.45. The Morgan fingerprint density at radius 2 is 1.44 bits per heavy atom. The largest absolute Gasteiger partial charge is 0.282 e. The molecular formula is C23H28OS. The van der Waals surface area contributed by atoms with Crippen molar-refractivity contribution in [3.05, 3.63) is 66.7 Å². The van der Waals surface area contributed by atoms with Crippen LogP contribution in [0.25, 0.3) is 11.1 Å². The standard InChI is InChI=1S/C23H28OS/c1-3-4-5-6-7-9-12-19(2)23(24)25-22-17-15-21(16-18-22)20-13-10-8-11-14-20/h8,10-11,13-18H,2-7,9,12H2,1H3. The predicted octanol–water partition coefficient (Wildman–Crippen LogP) is 7.28. The van der Waals surface area contributed by atoms with Gasteiger partial charge in [-0.2, -0.15) is 0 Å². The molecule has 0 heterocycles. The zero-order valence-electron chi connectivity index (χ0n) is 15.2. The van der Waals surface area contributed by atoms with Crippen LogP contribution in [0.3, 0.4) is 0 Å². The van der Waals surface area contributed by atoms with Crippen LogP contribution in [0.2, 0.25) is 0 Å². The van der Waals surface area contributed by atoms with E-state index in [4.69, 9.17) is 0 Å². The topological polar surface area (TPSA) is 17.1 Å². The van der Waals surface area contributed by atoms with Crippen molar-refractivity contribution in [1.82, 2.24) is 0 Å². The summed E-state index contributed by atoms with van der Waals surface area (Å²) >= 11 is 1.29. The van der Waals surface area contributed by atoms with Crippen molar-refractivity contribution in [2.45, 2.75) is 56.8 Å². The fraction of sp³-hybridized carbons (Fsp3) is 0.348. The molecule has 0 amide bonds. The fourth-order valence-electron chi connectivity index (χ4n) is 2.75. The Labute approximate surface area is 156 Å². The summed E-state index contributed by atoms with van der Waals surface area (Å²) in [6.07, 6.45) is 8.24. The number of carbonyl (C=O) groups excluding carboxylic acids is 1. The van der Waals surface area contributed by atoms with E-state index in [9.17, 15) is 4.79 Å². The van der Waals surface area contributed by atoms with E-state index in [0.717, 1.165) is 23.3 Å². The zero-order valence-corrected chi connectivity index (χ0v) is 16.0. The molecule has 25 heavy (non-hydrogen) atoms. The molecule has 0 fully saturated rings. The van der Waals surface area contributed by atoms with Crippen LogP contribution in [0.1, 0.15) is 51.9 Å². The highest BCUT2D eigenvalue weighted by atomic mass is 32.2. The van der Waals surface area contributed by atoms with Crippen molar-refractivity contribution in [3.8, 4) is 11.1 Å². The van der Waals surface area contributed by atoms with Crippen molar-refractivity contribution in [2.75, 3.05) is 0 Å². The average Bonchev–Trinajstić information content (AvgIpc) is 2.65. The maximum absolute atomic E-state index is 12.3. The lowest BCUT2D eigenvalue weighted by molar-refractivity contribution is -0.108. The summed E-state index contributed by atoms with van der Waals surface area (Å²) in [6, 6.07) is 18.4. The lowest BCUT2D eigenvalue weighted by Crippen LogP contribution is -1.96. The third-order valence-electron chi connectivity index (χ3n) is 4.29. The molecule has 0 saturated heterocycles. The summed E-state index contributed by atoms with van der Waals surface area (Å²) < 4.78 is 0. The first-order chi connectivity index (χ1) is 12.2. The van der Waals surface area contributed by atoms with E-state index in [-0.39, 0.29) is 5.12 Å². The molecule has 2 aromatic carbocycles. The smallest absolute Gasteiger partial charge is 0.219 e. The van der Waals surface area contributed by atoms with Crippen LogP contribution in [-0.4, -0.2) is 5.12 Å². The minimum absolute atomic E-state index is 0.0982. The molecule has 0 radical (unpaired) electrons. The monoisotopic (exact) mass is 352 g/mol. The highest BCUT2D eigenvalue weighted by molar-refractivity contribution is 8.14. The highest BCUT2D eigenvalue weighted by Gasteiger charge is 2.09. The van der Waals surface area contributed by atoms with E-state index in [2.05, 4.69) is 37.8 Å². The lowest BCUT2D eigenvalue weighted by Gasteiger charge is -2.06. The average molecular weight is 353 g/mol. The number of benzene rings is 2. The Hall–Kier alpha value is -1.80. The molecule has 0 saturated carbocycles. The summed E-state index contributed by atoms with van der Waals surface area (Å²) in [4.78, 5) is 13.3. The third kappa shape index (κ3) is 6.91. The first-order valence-corrected chi connectivity index (χ1v) is 10.1. The fourth-order valence-corrected chi connectivity index (χ4v) is 3.48. The Balaban J connectivity index is 1.77. The number of hydrogen-bond acceptors (Lipinski definition) is 2. The van der Waals surface area contributed by atoms with E-state index in [0.29, 0.717) is 0 Å². The second-order valence-electron chi connectivity index (χ2n) is 6.40. The molecule has 2 rings (SSSR count). The van der Waals surface area contributed by atoms with Crippen molar-refractivity contribution < 1.29 is 4.79 Å². The molecular weight excluding hydrogens is 324 g/mol. The van der Waals surface area contributed by atoms with E-state index in [1.54, 1.807) is 0 Å². The summed E-state index contributed by atoms with van der Waals surface area (Å²) in [6.45, 7) is 6.21. The van der Waals surface area contributed by atoms with E-state index in [1.807, 2.05) is 30.3 Å². The van der Waals surface area contributed by atoms with Crippen molar-refractivity contribution >= 4 is 16.9 Å². The molecule has 0 aliphatic heterocycles. The van der Waals surface area contributed by atoms with Gasteiger partial charge in [0.05, 0.1) is 0 Å². The van der Waals surface area contributed by atoms with Gasteiger partial charge in [0.25, 0.3) is 0 Å². The number of unbranched alkanes of at least 4 members (excludes halogenated alkanes) is 5. The zero-order chi connectivity index (χ0) is 17.9. The van der Waals surface area contributed by atoms with Gasteiger partial charge in [-0.15, -0.1) is 0 Å². The Kier molecular flexibility index (Phi) is 8.54. The van der Waals surface area contributed by atoms with Crippen LogP contribution >= 0.6 is 11.8 Å². The summed E-state index contributed by atoms with van der Waals surface area (Å²) in [7, 11) is 0. The van der Waals surface area contributed by atoms with Crippen LogP contribution in [-0.2, 0) is 4.79 Å². The predicted molar refractivity (Wildman–Crippen MR) is 110 cm³/mol. The van der Waals surface area contributed by atoms with Gasteiger partial charge in [-0.05, 0) is 53.4 Å². The summed E-state index contributed by atoms with van der Waals surface area (Å²) in [5.74, 6) is 0. The molecule has 0 spiro atoms. The molecule has 2 heteroatoms. The molecule has 0 aromatic heterocycles. The normalized spacial score (nSPS) is 10.6. The number of hydrogen-bond donors (Lipinski definition) is 0. The molecule has 132 valence electrons. The first kappa shape index (κ1) is 19.5. The van der Waals surface area contributed by atoms with Gasteiger partial charge < -0.3 is 0 Å². The van der Waals surface area contributed by atoms with Gasteiger partial charge in [-0.3, -0.25) is 4.79 Å². The van der Waals surface area contributed by atoms with E-state index < -0.39 is 0 Å². The maximum Gasteiger partial charge on any atom is 0.219 e. The van der Waals surface area contributed by atoms with Crippen LogP contribution < -0.4 is 0 Å². The summed E-state index contributed by atoms with van der Waals surface area (Å²) in [5.41, 5.74) is 3.11. The number of rotatable bonds is 10. The van der Waals surface area contributed by atoms with Gasteiger partial charge in [0.2, 0.25) is 5.12 Å². The first-order valence-electron chi connectivity index (χ1n) is 9.26. The Morgan fingerprint density at radius 3 is 2.12 bits per heavy atom. The van der Waals surface area contributed by atoms with Crippen LogP contribution in [0.15, 0.2) is 71.6 Å². The molecule has 0 unspecified atom stereocenters. The Morgan fingerprint density at radius 1 is 0.840 bits per heavy atom. The van der Waals surface area contributed by atoms with Crippen LogP contribution in [0.4, 0.5) is 0 Å². The quantitative estimate of drug-likeness (QED) is 0.254. The highest BCUT2D eigenvalue weighted by Crippen LogP contribution is 2.27. The molecule has 1 nitrogen and oxygen atoms in total. The lowest BCUT2D eigenvalue weighted by atomic mass is 10.1. The maximum atomic E-state index is 12.3. The van der Waals surface area contributed by atoms with Gasteiger partial charge in [0.1, 0.15) is 0 Å². The van der Waals surface area contributed by atoms with Gasteiger partial charge >= 0.3 is 0 Å². The number of thioether (sulfide) groups is 1. The molecule has 0 N–H and O–H groups in total. The summed E-state index contributed by atoms with van der Waals surface area (Å²) in [5, 5.41) is 0.0982. The van der Waals surface area contributed by atoms with E-state index in [1.165, 1.54) is 55.0 Å². The SMILES string of the molecule is C=C(CCCCCCCC)C(=O)Sc1ccc(-c2ccccc2)cc1. The van der Waals surface area contributed by atoms with E-state index >= 15 is 0 Å². The van der Waals surface area contributed by atoms with Crippen molar-refractivity contribution in [3.63, 3.8) is 0 Å². The van der Waals surface area contributed by atoms with Crippen molar-refractivity contribution in [1.29, 1.82) is 0 Å². The van der Waals surface area contributed by atoms with Gasteiger partial charge in [0, 0.05) is 4.90 Å². The van der Waals surface area contributed by atoms with Gasteiger partial charge in [-0.1, -0.05) is 88.1 Å². The Bertz CT molecular complexity index is 658. The molecule has 0 aliphatic carbocycles. The van der Waals surface area contributed by atoms with Crippen LogP contribution in [0, 0.1) is 0 Å². The minimum atomic E-state index is 0.0982. The second kappa shape index (κ2) is 10.9. The minimum Gasteiger partial charge on any atom is -0.282 e. The molecule has 0 bridgehead atoms. The molecule has 2 aromatic rings. The van der Waals surface area contributed by atoms with Crippen LogP contribution in [0.5, 0.6) is 0 Å². The van der Waals surface area contributed by atoms with Crippen molar-refractivity contribution in [2.24, 2.45) is 0 Å². The number of carbonyl (C=O) groups is 1.